The lowest BCUT2D eigenvalue weighted by Gasteiger charge is -2.06. The summed E-state index contributed by atoms with van der Waals surface area (Å²) in [6.07, 6.45) is 2.48. The highest BCUT2D eigenvalue weighted by atomic mass is 127. The summed E-state index contributed by atoms with van der Waals surface area (Å²) in [4.78, 5) is 4.39. The van der Waals surface area contributed by atoms with Crippen LogP contribution in [0, 0.1) is 3.57 Å². The molecule has 6 nitrogen and oxygen atoms in total. The lowest BCUT2D eigenvalue weighted by molar-refractivity contribution is 0.668. The predicted octanol–water partition coefficient (Wildman–Crippen LogP) is 1.59. The lowest BCUT2D eigenvalue weighted by atomic mass is 10.3. The minimum absolute atomic E-state index is 0.541. The van der Waals surface area contributed by atoms with E-state index in [0.717, 1.165) is 33.4 Å². The average Bonchev–Trinajstić information content (AvgIpc) is 2.90. The van der Waals surface area contributed by atoms with Crippen LogP contribution in [-0.4, -0.2) is 24.3 Å². The summed E-state index contributed by atoms with van der Waals surface area (Å²) in [6, 6.07) is 6.14. The Labute approximate surface area is 123 Å². The molecule has 2 N–H and O–H groups in total. The Morgan fingerprint density at radius 2 is 2.21 bits per heavy atom. The zero-order valence-corrected chi connectivity index (χ0v) is 12.6. The van der Waals surface area contributed by atoms with Crippen molar-refractivity contribution < 1.29 is 0 Å². The molecular formula is C12H13IN6. The van der Waals surface area contributed by atoms with E-state index in [0.29, 0.717) is 5.95 Å². The van der Waals surface area contributed by atoms with Crippen molar-refractivity contribution in [2.75, 3.05) is 5.73 Å². The SMILES string of the molecule is Cn1cnnc1CCn1c(N)nc2cc(I)ccc21. The van der Waals surface area contributed by atoms with Crippen LogP contribution in [0.2, 0.25) is 0 Å². The number of nitrogen functional groups attached to an aromatic ring is 1. The molecule has 0 spiro atoms. The highest BCUT2D eigenvalue weighted by Gasteiger charge is 2.09. The molecule has 0 aliphatic rings. The van der Waals surface area contributed by atoms with E-state index >= 15 is 0 Å². The summed E-state index contributed by atoms with van der Waals surface area (Å²) in [7, 11) is 1.94. The van der Waals surface area contributed by atoms with Gasteiger partial charge >= 0.3 is 0 Å². The van der Waals surface area contributed by atoms with Crippen molar-refractivity contribution in [1.29, 1.82) is 0 Å². The van der Waals surface area contributed by atoms with E-state index in [2.05, 4.69) is 49.9 Å². The van der Waals surface area contributed by atoms with Gasteiger partial charge in [-0.15, -0.1) is 10.2 Å². The highest BCUT2D eigenvalue weighted by molar-refractivity contribution is 14.1. The number of anilines is 1. The number of fused-ring (bicyclic) bond motifs is 1. The van der Waals surface area contributed by atoms with Crippen LogP contribution in [-0.2, 0) is 20.0 Å². The van der Waals surface area contributed by atoms with Crippen molar-refractivity contribution in [2.45, 2.75) is 13.0 Å². The maximum Gasteiger partial charge on any atom is 0.201 e. The first-order valence-electron chi connectivity index (χ1n) is 5.89. The Kier molecular flexibility index (Phi) is 3.13. The van der Waals surface area contributed by atoms with Gasteiger partial charge in [0.25, 0.3) is 0 Å². The molecule has 19 heavy (non-hydrogen) atoms. The Morgan fingerprint density at radius 3 is 2.95 bits per heavy atom. The fourth-order valence-corrected chi connectivity index (χ4v) is 2.58. The maximum absolute atomic E-state index is 5.99. The van der Waals surface area contributed by atoms with E-state index in [1.807, 2.05) is 22.2 Å². The Balaban J connectivity index is 1.92. The van der Waals surface area contributed by atoms with Crippen molar-refractivity contribution in [3.8, 4) is 0 Å². The molecule has 1 aromatic carbocycles. The predicted molar refractivity (Wildman–Crippen MR) is 81.6 cm³/mol. The van der Waals surface area contributed by atoms with Gasteiger partial charge in [0.05, 0.1) is 11.0 Å². The van der Waals surface area contributed by atoms with Crippen molar-refractivity contribution in [2.24, 2.45) is 7.05 Å². The van der Waals surface area contributed by atoms with E-state index in [1.165, 1.54) is 0 Å². The second kappa shape index (κ2) is 4.80. The van der Waals surface area contributed by atoms with Gasteiger partial charge in [-0.25, -0.2) is 4.98 Å². The quantitative estimate of drug-likeness (QED) is 0.713. The molecule has 0 unspecified atom stereocenters. The van der Waals surface area contributed by atoms with Gasteiger partial charge in [0.1, 0.15) is 12.2 Å². The molecule has 3 aromatic rings. The number of benzene rings is 1. The van der Waals surface area contributed by atoms with E-state index in [4.69, 9.17) is 5.73 Å². The van der Waals surface area contributed by atoms with Crippen LogP contribution in [0.5, 0.6) is 0 Å². The van der Waals surface area contributed by atoms with E-state index in [1.54, 1.807) is 6.33 Å². The summed E-state index contributed by atoms with van der Waals surface area (Å²) in [5, 5.41) is 7.95. The van der Waals surface area contributed by atoms with Gasteiger partial charge in [0, 0.05) is 23.6 Å². The molecule has 2 aromatic heterocycles. The van der Waals surface area contributed by atoms with Crippen molar-refractivity contribution in [3.05, 3.63) is 33.9 Å². The average molecular weight is 368 g/mol. The Bertz CT molecular complexity index is 729. The van der Waals surface area contributed by atoms with Crippen LogP contribution < -0.4 is 5.73 Å². The van der Waals surface area contributed by atoms with Gasteiger partial charge in [0.2, 0.25) is 5.95 Å². The monoisotopic (exact) mass is 368 g/mol. The molecule has 3 rings (SSSR count). The van der Waals surface area contributed by atoms with Gasteiger partial charge in [-0.1, -0.05) is 0 Å². The third-order valence-corrected chi connectivity index (χ3v) is 3.77. The molecule has 0 aliphatic heterocycles. The molecule has 0 fully saturated rings. The van der Waals surface area contributed by atoms with Crippen molar-refractivity contribution in [1.82, 2.24) is 24.3 Å². The number of nitrogens with zero attached hydrogens (tertiary/aromatic N) is 5. The molecular weight excluding hydrogens is 355 g/mol. The van der Waals surface area contributed by atoms with Crippen LogP contribution in [0.4, 0.5) is 5.95 Å². The first kappa shape index (κ1) is 12.4. The third-order valence-electron chi connectivity index (χ3n) is 3.10. The normalized spacial score (nSPS) is 11.3. The summed E-state index contributed by atoms with van der Waals surface area (Å²) in [5.74, 6) is 1.48. The van der Waals surface area contributed by atoms with Crippen molar-refractivity contribution >= 4 is 39.6 Å². The molecule has 0 amide bonds. The summed E-state index contributed by atoms with van der Waals surface area (Å²) in [6.45, 7) is 0.745. The molecule has 0 saturated carbocycles. The highest BCUT2D eigenvalue weighted by Crippen LogP contribution is 2.20. The standard InChI is InChI=1S/C12H13IN6/c1-18-7-15-17-11(18)4-5-19-10-3-2-8(13)6-9(10)16-12(19)14/h2-3,6-7H,4-5H2,1H3,(H2,14,16). The van der Waals surface area contributed by atoms with Crippen LogP contribution in [0.3, 0.4) is 0 Å². The van der Waals surface area contributed by atoms with Crippen LogP contribution in [0.15, 0.2) is 24.5 Å². The number of halogens is 1. The topological polar surface area (TPSA) is 74.5 Å². The maximum atomic E-state index is 5.99. The number of hydrogen-bond donors (Lipinski definition) is 1. The first-order valence-corrected chi connectivity index (χ1v) is 6.97. The fraction of sp³-hybridized carbons (Fsp3) is 0.250. The number of imidazole rings is 1. The number of rotatable bonds is 3. The minimum atomic E-state index is 0.541. The zero-order valence-electron chi connectivity index (χ0n) is 10.4. The molecule has 2 heterocycles. The molecule has 98 valence electrons. The van der Waals surface area contributed by atoms with E-state index in [-0.39, 0.29) is 0 Å². The molecule has 7 heteroatoms. The van der Waals surface area contributed by atoms with E-state index in [9.17, 15) is 0 Å². The number of hydrogen-bond acceptors (Lipinski definition) is 4. The molecule has 0 bridgehead atoms. The fourth-order valence-electron chi connectivity index (χ4n) is 2.10. The van der Waals surface area contributed by atoms with Gasteiger partial charge in [-0.2, -0.15) is 0 Å². The molecule has 0 aliphatic carbocycles. The van der Waals surface area contributed by atoms with Crippen LogP contribution in [0.25, 0.3) is 11.0 Å². The second-order valence-corrected chi connectivity index (χ2v) is 5.61. The number of nitrogens with two attached hydrogens (primary N) is 1. The number of aryl methyl sites for hydroxylation is 3. The Hall–Kier alpha value is -1.64. The van der Waals surface area contributed by atoms with Gasteiger partial charge < -0.3 is 14.9 Å². The smallest absolute Gasteiger partial charge is 0.201 e. The Morgan fingerprint density at radius 1 is 1.37 bits per heavy atom. The minimum Gasteiger partial charge on any atom is -0.369 e. The van der Waals surface area contributed by atoms with Crippen LogP contribution in [0.1, 0.15) is 5.82 Å². The third kappa shape index (κ3) is 2.29. The van der Waals surface area contributed by atoms with Gasteiger partial charge in [-0.3, -0.25) is 0 Å². The van der Waals surface area contributed by atoms with E-state index < -0.39 is 0 Å². The molecule has 0 saturated heterocycles. The second-order valence-electron chi connectivity index (χ2n) is 4.36. The van der Waals surface area contributed by atoms with Crippen LogP contribution >= 0.6 is 22.6 Å². The number of aromatic nitrogens is 5. The molecule has 0 radical (unpaired) electrons. The zero-order chi connectivity index (χ0) is 13.4. The van der Waals surface area contributed by atoms with Gasteiger partial charge in [-0.05, 0) is 40.8 Å². The van der Waals surface area contributed by atoms with Crippen molar-refractivity contribution in [3.63, 3.8) is 0 Å². The summed E-state index contributed by atoms with van der Waals surface area (Å²) >= 11 is 2.27. The first-order chi connectivity index (χ1) is 9.15. The largest absolute Gasteiger partial charge is 0.369 e. The summed E-state index contributed by atoms with van der Waals surface area (Å²) < 4.78 is 5.08. The lowest BCUT2D eigenvalue weighted by Crippen LogP contribution is -2.08. The molecule has 0 atom stereocenters. The summed E-state index contributed by atoms with van der Waals surface area (Å²) in [5.41, 5.74) is 7.98. The van der Waals surface area contributed by atoms with Gasteiger partial charge in [0.15, 0.2) is 0 Å².